The number of esters is 1. The number of hydrogen-bond donors (Lipinski definition) is 1. The maximum Gasteiger partial charge on any atom is 0.348 e. The van der Waals surface area contributed by atoms with Crippen LogP contribution in [0.1, 0.15) is 31.9 Å². The Morgan fingerprint density at radius 1 is 1.06 bits per heavy atom. The summed E-state index contributed by atoms with van der Waals surface area (Å²) >= 11 is 1.13. The van der Waals surface area contributed by atoms with Gasteiger partial charge in [0.1, 0.15) is 16.3 Å². The van der Waals surface area contributed by atoms with Crippen molar-refractivity contribution in [2.24, 2.45) is 0 Å². The zero-order valence-electron chi connectivity index (χ0n) is 19.3. The van der Waals surface area contributed by atoms with E-state index in [9.17, 15) is 14.4 Å². The number of anilines is 1. The molecule has 0 aliphatic carbocycles. The van der Waals surface area contributed by atoms with Crippen LogP contribution in [0, 0.1) is 20.8 Å². The number of rotatable bonds is 7. The van der Waals surface area contributed by atoms with E-state index in [-0.39, 0.29) is 24.6 Å². The van der Waals surface area contributed by atoms with Gasteiger partial charge in [0.2, 0.25) is 5.91 Å². The fourth-order valence-electron chi connectivity index (χ4n) is 3.61. The number of aryl methyl sites for hydroxylation is 3. The van der Waals surface area contributed by atoms with Gasteiger partial charge in [-0.15, -0.1) is 11.3 Å². The third-order valence-electron chi connectivity index (χ3n) is 5.67. The molecular weight excluding hydrogens is 450 g/mol. The van der Waals surface area contributed by atoms with Crippen LogP contribution in [-0.4, -0.2) is 28.0 Å². The molecule has 0 fully saturated rings. The highest BCUT2D eigenvalue weighted by Crippen LogP contribution is 2.27. The second-order valence-corrected chi connectivity index (χ2v) is 9.13. The standard InChI is InChI=1S/C26H25N3O4S/c1-16-9-10-20(13-17(16)2)28-21(30)14-29-15-27-24-22(25(29)31)18(3)23(34-24)26(32)33-12-11-19-7-5-4-6-8-19/h4-10,13,15H,11-12,14H2,1-3H3,(H,28,30). The molecule has 0 bridgehead atoms. The smallest absolute Gasteiger partial charge is 0.348 e. The molecule has 0 aliphatic heterocycles. The van der Waals surface area contributed by atoms with Crippen LogP contribution in [0.2, 0.25) is 0 Å². The summed E-state index contributed by atoms with van der Waals surface area (Å²) in [6.07, 6.45) is 1.95. The third kappa shape index (κ3) is 5.07. The zero-order chi connectivity index (χ0) is 24.2. The monoisotopic (exact) mass is 475 g/mol. The average molecular weight is 476 g/mol. The second kappa shape index (κ2) is 10.0. The van der Waals surface area contributed by atoms with Gasteiger partial charge in [0, 0.05) is 12.1 Å². The summed E-state index contributed by atoms with van der Waals surface area (Å²) in [6.45, 7) is 5.73. The van der Waals surface area contributed by atoms with Crippen LogP contribution < -0.4 is 10.9 Å². The van der Waals surface area contributed by atoms with Gasteiger partial charge < -0.3 is 10.1 Å². The van der Waals surface area contributed by atoms with Gasteiger partial charge in [0.15, 0.2) is 0 Å². The lowest BCUT2D eigenvalue weighted by atomic mass is 10.1. The lowest BCUT2D eigenvalue weighted by Gasteiger charge is -2.09. The fourth-order valence-corrected chi connectivity index (χ4v) is 4.65. The van der Waals surface area contributed by atoms with E-state index < -0.39 is 5.97 Å². The Balaban J connectivity index is 1.48. The van der Waals surface area contributed by atoms with Crippen molar-refractivity contribution < 1.29 is 14.3 Å². The minimum absolute atomic E-state index is 0.180. The quantitative estimate of drug-likeness (QED) is 0.400. The summed E-state index contributed by atoms with van der Waals surface area (Å²) in [5, 5.41) is 3.15. The van der Waals surface area contributed by atoms with Crippen molar-refractivity contribution in [3.63, 3.8) is 0 Å². The molecule has 0 atom stereocenters. The molecule has 0 unspecified atom stereocenters. The first-order chi connectivity index (χ1) is 16.3. The van der Waals surface area contributed by atoms with Gasteiger partial charge in [-0.2, -0.15) is 0 Å². The molecule has 0 saturated heterocycles. The number of hydrogen-bond acceptors (Lipinski definition) is 6. The first-order valence-corrected chi connectivity index (χ1v) is 11.7. The van der Waals surface area contributed by atoms with Crippen molar-refractivity contribution in [2.45, 2.75) is 33.7 Å². The van der Waals surface area contributed by atoms with Gasteiger partial charge in [-0.25, -0.2) is 9.78 Å². The summed E-state index contributed by atoms with van der Waals surface area (Å²) in [5.41, 5.74) is 4.10. The highest BCUT2D eigenvalue weighted by molar-refractivity contribution is 7.20. The van der Waals surface area contributed by atoms with E-state index in [1.807, 2.05) is 62.4 Å². The molecule has 0 radical (unpaired) electrons. The number of nitrogens with zero attached hydrogens (tertiary/aromatic N) is 2. The Hall–Kier alpha value is -3.78. The number of nitrogens with one attached hydrogen (secondary N) is 1. The highest BCUT2D eigenvalue weighted by Gasteiger charge is 2.21. The number of amides is 1. The van der Waals surface area contributed by atoms with Crippen LogP contribution in [0.3, 0.4) is 0 Å². The Morgan fingerprint density at radius 3 is 2.56 bits per heavy atom. The van der Waals surface area contributed by atoms with Crippen molar-refractivity contribution in [1.29, 1.82) is 0 Å². The number of carbonyl (C=O) groups is 2. The normalized spacial score (nSPS) is 10.9. The van der Waals surface area contributed by atoms with E-state index in [2.05, 4.69) is 10.3 Å². The Labute approximate surface area is 201 Å². The minimum Gasteiger partial charge on any atom is -0.461 e. The van der Waals surface area contributed by atoms with Crippen LogP contribution >= 0.6 is 11.3 Å². The topological polar surface area (TPSA) is 90.3 Å². The van der Waals surface area contributed by atoms with Crippen LogP contribution in [0.15, 0.2) is 59.7 Å². The van der Waals surface area contributed by atoms with Crippen molar-refractivity contribution in [2.75, 3.05) is 11.9 Å². The summed E-state index contributed by atoms with van der Waals surface area (Å²) in [4.78, 5) is 43.4. The molecule has 8 heteroatoms. The number of fused-ring (bicyclic) bond motifs is 1. The number of aromatic nitrogens is 2. The second-order valence-electron chi connectivity index (χ2n) is 8.13. The summed E-state index contributed by atoms with van der Waals surface area (Å²) in [7, 11) is 0. The van der Waals surface area contributed by atoms with Gasteiger partial charge in [-0.1, -0.05) is 36.4 Å². The van der Waals surface area contributed by atoms with E-state index >= 15 is 0 Å². The lowest BCUT2D eigenvalue weighted by Crippen LogP contribution is -2.28. The maximum atomic E-state index is 13.1. The van der Waals surface area contributed by atoms with Crippen LogP contribution in [0.4, 0.5) is 5.69 Å². The van der Waals surface area contributed by atoms with Crippen molar-refractivity contribution in [3.8, 4) is 0 Å². The average Bonchev–Trinajstić information content (AvgIpc) is 3.16. The van der Waals surface area contributed by atoms with Gasteiger partial charge in [-0.05, 0) is 55.2 Å². The van der Waals surface area contributed by atoms with E-state index in [0.29, 0.717) is 32.8 Å². The molecule has 0 spiro atoms. The molecule has 2 aromatic heterocycles. The molecule has 1 amide bonds. The summed E-state index contributed by atoms with van der Waals surface area (Å²) < 4.78 is 6.69. The van der Waals surface area contributed by atoms with Crippen molar-refractivity contribution in [1.82, 2.24) is 9.55 Å². The molecular formula is C26H25N3O4S. The Kier molecular flexibility index (Phi) is 6.88. The molecule has 7 nitrogen and oxygen atoms in total. The van der Waals surface area contributed by atoms with Crippen molar-refractivity contribution in [3.05, 3.63) is 92.3 Å². The fraction of sp³-hybridized carbons (Fsp3) is 0.231. The van der Waals surface area contributed by atoms with Gasteiger partial charge in [0.25, 0.3) is 5.56 Å². The Bertz CT molecular complexity index is 1420. The van der Waals surface area contributed by atoms with Gasteiger partial charge >= 0.3 is 5.97 Å². The largest absolute Gasteiger partial charge is 0.461 e. The predicted molar refractivity (Wildman–Crippen MR) is 134 cm³/mol. The molecule has 34 heavy (non-hydrogen) atoms. The van der Waals surface area contributed by atoms with E-state index in [1.54, 1.807) is 6.92 Å². The van der Waals surface area contributed by atoms with Crippen LogP contribution in [0.25, 0.3) is 10.2 Å². The predicted octanol–water partition coefficient (Wildman–Crippen LogP) is 4.42. The summed E-state index contributed by atoms with van der Waals surface area (Å²) in [6, 6.07) is 15.4. The lowest BCUT2D eigenvalue weighted by molar-refractivity contribution is -0.116. The number of benzene rings is 2. The van der Waals surface area contributed by atoms with E-state index in [1.165, 1.54) is 10.9 Å². The number of carbonyl (C=O) groups excluding carboxylic acids is 2. The zero-order valence-corrected chi connectivity index (χ0v) is 20.1. The molecule has 0 saturated carbocycles. The molecule has 2 aromatic carbocycles. The SMILES string of the molecule is Cc1ccc(NC(=O)Cn2cnc3sc(C(=O)OCCc4ccccc4)c(C)c3c2=O)cc1C. The van der Waals surface area contributed by atoms with Crippen LogP contribution in [-0.2, 0) is 22.5 Å². The molecule has 174 valence electrons. The highest BCUT2D eigenvalue weighted by atomic mass is 32.1. The van der Waals surface area contributed by atoms with E-state index in [4.69, 9.17) is 4.74 Å². The first kappa shape index (κ1) is 23.4. The minimum atomic E-state index is -0.477. The molecule has 0 aliphatic rings. The van der Waals surface area contributed by atoms with Gasteiger partial charge in [0.05, 0.1) is 18.3 Å². The molecule has 2 heterocycles. The number of thiophene rings is 1. The Morgan fingerprint density at radius 2 is 1.82 bits per heavy atom. The van der Waals surface area contributed by atoms with Crippen LogP contribution in [0.5, 0.6) is 0 Å². The summed E-state index contributed by atoms with van der Waals surface area (Å²) in [5.74, 6) is -0.810. The van der Waals surface area contributed by atoms with Crippen molar-refractivity contribution >= 4 is 39.1 Å². The van der Waals surface area contributed by atoms with E-state index in [0.717, 1.165) is 28.0 Å². The van der Waals surface area contributed by atoms with Gasteiger partial charge in [-0.3, -0.25) is 14.2 Å². The maximum absolute atomic E-state index is 13.1. The molecule has 4 rings (SSSR count). The third-order valence-corrected chi connectivity index (χ3v) is 6.85. The molecule has 4 aromatic rings. The molecule has 1 N–H and O–H groups in total. The number of ether oxygens (including phenoxy) is 1. The first-order valence-electron chi connectivity index (χ1n) is 10.9.